The standard InChI is InChI=1S/C11H7Cl3N2/c12-9-2-1-7(4-10(9)13)3-8-5-16-11(14)6-15-8/h1-2,4-6H,3H2. The van der Waals surface area contributed by atoms with Crippen LogP contribution in [0.3, 0.4) is 0 Å². The minimum atomic E-state index is 0.387. The van der Waals surface area contributed by atoms with Gasteiger partial charge in [0.05, 0.1) is 28.1 Å². The minimum absolute atomic E-state index is 0.387. The van der Waals surface area contributed by atoms with Crippen molar-refractivity contribution < 1.29 is 0 Å². The lowest BCUT2D eigenvalue weighted by Crippen LogP contribution is -1.93. The molecule has 0 amide bonds. The fourth-order valence-corrected chi connectivity index (χ4v) is 1.71. The van der Waals surface area contributed by atoms with Gasteiger partial charge in [-0.25, -0.2) is 4.98 Å². The van der Waals surface area contributed by atoms with Gasteiger partial charge >= 0.3 is 0 Å². The topological polar surface area (TPSA) is 25.8 Å². The number of aromatic nitrogens is 2. The van der Waals surface area contributed by atoms with Gasteiger partial charge in [-0.2, -0.15) is 0 Å². The Morgan fingerprint density at radius 2 is 1.75 bits per heavy atom. The van der Waals surface area contributed by atoms with Crippen LogP contribution < -0.4 is 0 Å². The molecule has 2 nitrogen and oxygen atoms in total. The molecule has 2 aromatic rings. The lowest BCUT2D eigenvalue weighted by molar-refractivity contribution is 1.03. The summed E-state index contributed by atoms with van der Waals surface area (Å²) >= 11 is 17.4. The van der Waals surface area contributed by atoms with Crippen LogP contribution in [0.5, 0.6) is 0 Å². The highest BCUT2D eigenvalue weighted by Gasteiger charge is 2.02. The van der Waals surface area contributed by atoms with E-state index in [2.05, 4.69) is 9.97 Å². The fourth-order valence-electron chi connectivity index (χ4n) is 1.29. The molecule has 0 N–H and O–H groups in total. The first-order valence-corrected chi connectivity index (χ1v) is 5.69. The molecule has 0 aliphatic rings. The molecular formula is C11H7Cl3N2. The highest BCUT2D eigenvalue weighted by atomic mass is 35.5. The van der Waals surface area contributed by atoms with Crippen LogP contribution >= 0.6 is 34.8 Å². The maximum atomic E-state index is 5.92. The Bertz CT molecular complexity index is 497. The zero-order valence-electron chi connectivity index (χ0n) is 8.12. The molecule has 82 valence electrons. The molecule has 0 bridgehead atoms. The quantitative estimate of drug-likeness (QED) is 0.825. The van der Waals surface area contributed by atoms with Gasteiger partial charge in [0.1, 0.15) is 5.15 Å². The lowest BCUT2D eigenvalue weighted by atomic mass is 10.1. The van der Waals surface area contributed by atoms with Crippen molar-refractivity contribution in [2.75, 3.05) is 0 Å². The molecule has 5 heteroatoms. The summed E-state index contributed by atoms with van der Waals surface area (Å²) in [6, 6.07) is 5.49. The van der Waals surface area contributed by atoms with Crippen molar-refractivity contribution >= 4 is 34.8 Å². The molecule has 0 saturated carbocycles. The summed E-state index contributed by atoms with van der Waals surface area (Å²) in [7, 11) is 0. The number of rotatable bonds is 2. The van der Waals surface area contributed by atoms with Crippen molar-refractivity contribution in [3.63, 3.8) is 0 Å². The summed E-state index contributed by atoms with van der Waals surface area (Å²) in [6.07, 6.45) is 3.82. The van der Waals surface area contributed by atoms with Crippen LogP contribution in [0.2, 0.25) is 15.2 Å². The first kappa shape index (κ1) is 11.6. The van der Waals surface area contributed by atoms with Gasteiger partial charge in [0.15, 0.2) is 0 Å². The molecule has 1 aromatic heterocycles. The highest BCUT2D eigenvalue weighted by molar-refractivity contribution is 6.42. The maximum absolute atomic E-state index is 5.92. The van der Waals surface area contributed by atoms with Gasteiger partial charge < -0.3 is 0 Å². The van der Waals surface area contributed by atoms with Crippen molar-refractivity contribution in [2.45, 2.75) is 6.42 Å². The van der Waals surface area contributed by atoms with Gasteiger partial charge in [-0.15, -0.1) is 0 Å². The second-order valence-electron chi connectivity index (χ2n) is 3.26. The summed E-state index contributed by atoms with van der Waals surface area (Å²) in [5, 5.41) is 1.48. The third-order valence-electron chi connectivity index (χ3n) is 2.04. The monoisotopic (exact) mass is 272 g/mol. The average Bonchev–Trinajstić information content (AvgIpc) is 2.27. The predicted octanol–water partition coefficient (Wildman–Crippen LogP) is 4.03. The van der Waals surface area contributed by atoms with Gasteiger partial charge in [0, 0.05) is 6.42 Å². The largest absolute Gasteiger partial charge is 0.256 e. The summed E-state index contributed by atoms with van der Waals surface area (Å²) in [5.74, 6) is 0. The van der Waals surface area contributed by atoms with Gasteiger partial charge in [-0.05, 0) is 17.7 Å². The van der Waals surface area contributed by atoms with E-state index in [4.69, 9.17) is 34.8 Å². The Kier molecular flexibility index (Phi) is 3.64. The third kappa shape index (κ3) is 2.85. The molecule has 0 fully saturated rings. The molecule has 0 radical (unpaired) electrons. The molecule has 0 unspecified atom stereocenters. The van der Waals surface area contributed by atoms with E-state index in [1.807, 2.05) is 12.1 Å². The van der Waals surface area contributed by atoms with E-state index in [1.54, 1.807) is 12.3 Å². The molecule has 0 aliphatic heterocycles. The summed E-state index contributed by atoms with van der Waals surface area (Å²) in [4.78, 5) is 8.11. The molecule has 2 rings (SSSR count). The number of benzene rings is 1. The molecule has 0 spiro atoms. The normalized spacial score (nSPS) is 10.4. The van der Waals surface area contributed by atoms with Crippen LogP contribution in [0.4, 0.5) is 0 Å². The van der Waals surface area contributed by atoms with Gasteiger partial charge in [0.25, 0.3) is 0 Å². The predicted molar refractivity (Wildman–Crippen MR) is 66.3 cm³/mol. The summed E-state index contributed by atoms with van der Waals surface area (Å²) < 4.78 is 0. The van der Waals surface area contributed by atoms with E-state index in [0.717, 1.165) is 11.3 Å². The van der Waals surface area contributed by atoms with Crippen LogP contribution in [-0.4, -0.2) is 9.97 Å². The van der Waals surface area contributed by atoms with Crippen molar-refractivity contribution in [2.24, 2.45) is 0 Å². The number of hydrogen-bond donors (Lipinski definition) is 0. The van der Waals surface area contributed by atoms with Gasteiger partial charge in [-0.1, -0.05) is 40.9 Å². The van der Waals surface area contributed by atoms with Crippen molar-refractivity contribution in [1.29, 1.82) is 0 Å². The molecule has 0 saturated heterocycles. The summed E-state index contributed by atoms with van der Waals surface area (Å²) in [6.45, 7) is 0. The number of halogens is 3. The molecule has 1 heterocycles. The van der Waals surface area contributed by atoms with E-state index < -0.39 is 0 Å². The van der Waals surface area contributed by atoms with Gasteiger partial charge in [0.2, 0.25) is 0 Å². The SMILES string of the molecule is Clc1cnc(Cc2ccc(Cl)c(Cl)c2)cn1. The van der Waals surface area contributed by atoms with E-state index in [1.165, 1.54) is 6.20 Å². The Balaban J connectivity index is 2.20. The Labute approximate surface area is 108 Å². The minimum Gasteiger partial charge on any atom is -0.256 e. The molecule has 16 heavy (non-hydrogen) atoms. The van der Waals surface area contributed by atoms with Crippen molar-refractivity contribution in [1.82, 2.24) is 9.97 Å². The lowest BCUT2D eigenvalue weighted by Gasteiger charge is -2.02. The van der Waals surface area contributed by atoms with Gasteiger partial charge in [-0.3, -0.25) is 4.98 Å². The smallest absolute Gasteiger partial charge is 0.147 e. The first-order valence-electron chi connectivity index (χ1n) is 4.55. The number of nitrogens with zero attached hydrogens (tertiary/aromatic N) is 2. The third-order valence-corrected chi connectivity index (χ3v) is 2.98. The van der Waals surface area contributed by atoms with Crippen molar-refractivity contribution in [3.8, 4) is 0 Å². The maximum Gasteiger partial charge on any atom is 0.147 e. The molecule has 0 aliphatic carbocycles. The van der Waals surface area contributed by atoms with E-state index in [9.17, 15) is 0 Å². The number of hydrogen-bond acceptors (Lipinski definition) is 2. The van der Waals surface area contributed by atoms with Crippen LogP contribution in [0.25, 0.3) is 0 Å². The fraction of sp³-hybridized carbons (Fsp3) is 0.0909. The van der Waals surface area contributed by atoms with E-state index >= 15 is 0 Å². The molecular weight excluding hydrogens is 266 g/mol. The second kappa shape index (κ2) is 5.00. The second-order valence-corrected chi connectivity index (χ2v) is 4.46. The Hall–Kier alpha value is -0.830. The zero-order chi connectivity index (χ0) is 11.5. The van der Waals surface area contributed by atoms with Crippen LogP contribution in [0.15, 0.2) is 30.6 Å². The first-order chi connectivity index (χ1) is 7.65. The Morgan fingerprint density at radius 1 is 0.938 bits per heavy atom. The Morgan fingerprint density at radius 3 is 2.38 bits per heavy atom. The average molecular weight is 274 g/mol. The van der Waals surface area contributed by atoms with Crippen molar-refractivity contribution in [3.05, 3.63) is 57.0 Å². The van der Waals surface area contributed by atoms with Crippen LogP contribution in [0, 0.1) is 0 Å². The zero-order valence-corrected chi connectivity index (χ0v) is 10.4. The molecule has 0 atom stereocenters. The van der Waals surface area contributed by atoms with E-state index in [0.29, 0.717) is 21.6 Å². The van der Waals surface area contributed by atoms with Crippen LogP contribution in [0.1, 0.15) is 11.3 Å². The summed E-state index contributed by atoms with van der Waals surface area (Å²) in [5.41, 5.74) is 1.87. The highest BCUT2D eigenvalue weighted by Crippen LogP contribution is 2.23. The van der Waals surface area contributed by atoms with E-state index in [-0.39, 0.29) is 0 Å². The molecule has 1 aromatic carbocycles. The van der Waals surface area contributed by atoms with Crippen LogP contribution in [-0.2, 0) is 6.42 Å².